The van der Waals surface area contributed by atoms with Crippen LogP contribution in [-0.2, 0) is 4.74 Å². The SMILES string of the molecule is C=C(/C=C(/CN1CCC(CNC(=O)c2cc(N)c3ccccc3n2)CC1)OC)c1ccccc1. The number of benzene rings is 2. The van der Waals surface area contributed by atoms with Gasteiger partial charge in [0.1, 0.15) is 11.5 Å². The third-order valence-electron chi connectivity index (χ3n) is 6.36. The molecule has 2 aromatic carbocycles. The molecule has 3 N–H and O–H groups in total. The van der Waals surface area contributed by atoms with E-state index >= 15 is 0 Å². The minimum absolute atomic E-state index is 0.177. The number of methoxy groups -OCH3 is 1. The Morgan fingerprint density at radius 1 is 1.18 bits per heavy atom. The fourth-order valence-corrected chi connectivity index (χ4v) is 4.31. The first-order valence-corrected chi connectivity index (χ1v) is 11.7. The van der Waals surface area contributed by atoms with E-state index in [1.165, 1.54) is 0 Å². The largest absolute Gasteiger partial charge is 0.500 e. The van der Waals surface area contributed by atoms with Crippen LogP contribution in [0.3, 0.4) is 0 Å². The van der Waals surface area contributed by atoms with Crippen LogP contribution in [0.15, 0.2) is 79.1 Å². The number of nitrogens with zero attached hydrogens (tertiary/aromatic N) is 2. The van der Waals surface area contributed by atoms with E-state index in [0.717, 1.165) is 60.3 Å². The quantitative estimate of drug-likeness (QED) is 0.385. The van der Waals surface area contributed by atoms with Crippen LogP contribution in [0.5, 0.6) is 0 Å². The summed E-state index contributed by atoms with van der Waals surface area (Å²) in [4.78, 5) is 19.5. The van der Waals surface area contributed by atoms with E-state index < -0.39 is 0 Å². The number of para-hydroxylation sites is 1. The van der Waals surface area contributed by atoms with Crippen molar-refractivity contribution in [2.45, 2.75) is 12.8 Å². The van der Waals surface area contributed by atoms with Gasteiger partial charge in [0.2, 0.25) is 0 Å². The van der Waals surface area contributed by atoms with Crippen LogP contribution in [0.25, 0.3) is 16.5 Å². The number of pyridine rings is 1. The zero-order valence-electron chi connectivity index (χ0n) is 19.7. The van der Waals surface area contributed by atoms with Crippen LogP contribution in [0.1, 0.15) is 28.9 Å². The summed E-state index contributed by atoms with van der Waals surface area (Å²) < 4.78 is 5.62. The van der Waals surface area contributed by atoms with Gasteiger partial charge in [-0.1, -0.05) is 55.1 Å². The first kappa shape index (κ1) is 23.5. The maximum Gasteiger partial charge on any atom is 0.269 e. The number of rotatable bonds is 8. The van der Waals surface area contributed by atoms with Crippen molar-refractivity contribution in [3.05, 3.63) is 90.3 Å². The van der Waals surface area contributed by atoms with Crippen LogP contribution in [0.4, 0.5) is 5.69 Å². The summed E-state index contributed by atoms with van der Waals surface area (Å²) in [6.07, 6.45) is 4.05. The summed E-state index contributed by atoms with van der Waals surface area (Å²) in [6.45, 7) is 7.48. The highest BCUT2D eigenvalue weighted by Crippen LogP contribution is 2.22. The van der Waals surface area contributed by atoms with Crippen LogP contribution in [-0.4, -0.2) is 49.1 Å². The number of hydrogen-bond donors (Lipinski definition) is 2. The molecule has 6 heteroatoms. The third kappa shape index (κ3) is 5.83. The molecule has 3 aromatic rings. The van der Waals surface area contributed by atoms with E-state index in [9.17, 15) is 4.79 Å². The molecule has 0 radical (unpaired) electrons. The number of hydrogen-bond acceptors (Lipinski definition) is 5. The number of fused-ring (bicyclic) bond motifs is 1. The molecule has 1 aromatic heterocycles. The second-order valence-corrected chi connectivity index (χ2v) is 8.75. The molecule has 0 spiro atoms. The molecule has 0 atom stereocenters. The summed E-state index contributed by atoms with van der Waals surface area (Å²) in [5.74, 6) is 1.16. The Balaban J connectivity index is 1.26. The molecule has 0 unspecified atom stereocenters. The smallest absolute Gasteiger partial charge is 0.269 e. The Morgan fingerprint density at radius 3 is 2.62 bits per heavy atom. The van der Waals surface area contributed by atoms with Crippen LogP contribution in [0, 0.1) is 5.92 Å². The normalized spacial score (nSPS) is 15.3. The van der Waals surface area contributed by atoms with Gasteiger partial charge in [0.15, 0.2) is 0 Å². The number of allylic oxidation sites excluding steroid dienone is 2. The van der Waals surface area contributed by atoms with Gasteiger partial charge in [-0.25, -0.2) is 4.98 Å². The molecule has 0 bridgehead atoms. The molecule has 2 heterocycles. The minimum Gasteiger partial charge on any atom is -0.500 e. The lowest BCUT2D eigenvalue weighted by Gasteiger charge is -2.32. The third-order valence-corrected chi connectivity index (χ3v) is 6.36. The molecule has 0 saturated carbocycles. The van der Waals surface area contributed by atoms with E-state index in [4.69, 9.17) is 10.5 Å². The van der Waals surface area contributed by atoms with Gasteiger partial charge in [0, 0.05) is 17.6 Å². The zero-order chi connectivity index (χ0) is 23.9. The molecule has 1 fully saturated rings. The Hall–Kier alpha value is -3.64. The van der Waals surface area contributed by atoms with Gasteiger partial charge in [-0.3, -0.25) is 9.69 Å². The van der Waals surface area contributed by atoms with Crippen molar-refractivity contribution in [1.29, 1.82) is 0 Å². The minimum atomic E-state index is -0.177. The number of aromatic nitrogens is 1. The number of nitrogens with one attached hydrogen (secondary N) is 1. The Morgan fingerprint density at radius 2 is 1.88 bits per heavy atom. The standard InChI is InChI=1S/C28H32N4O2/c1-20(22-8-4-3-5-9-22)16-23(34-2)19-32-14-12-21(13-15-32)18-30-28(33)27-17-25(29)24-10-6-7-11-26(24)31-27/h3-11,16-17,21H,1,12-15,18-19H2,2H3,(H2,29,31)(H,30,33)/b23-16-. The van der Waals surface area contributed by atoms with Gasteiger partial charge < -0.3 is 15.8 Å². The van der Waals surface area contributed by atoms with E-state index in [0.29, 0.717) is 23.8 Å². The van der Waals surface area contributed by atoms with Gasteiger partial charge >= 0.3 is 0 Å². The molecule has 1 saturated heterocycles. The monoisotopic (exact) mass is 456 g/mol. The molecule has 4 rings (SSSR count). The lowest BCUT2D eigenvalue weighted by Crippen LogP contribution is -2.39. The van der Waals surface area contributed by atoms with Gasteiger partial charge in [0.05, 0.1) is 19.2 Å². The highest BCUT2D eigenvalue weighted by molar-refractivity contribution is 5.99. The van der Waals surface area contributed by atoms with E-state index in [1.807, 2.05) is 60.7 Å². The van der Waals surface area contributed by atoms with Crippen LogP contribution < -0.4 is 11.1 Å². The van der Waals surface area contributed by atoms with Gasteiger partial charge in [-0.2, -0.15) is 0 Å². The molecule has 176 valence electrons. The van der Waals surface area contributed by atoms with Crippen molar-refractivity contribution in [2.24, 2.45) is 5.92 Å². The van der Waals surface area contributed by atoms with Crippen LogP contribution in [0.2, 0.25) is 0 Å². The van der Waals surface area contributed by atoms with Crippen molar-refractivity contribution in [2.75, 3.05) is 39.0 Å². The highest BCUT2D eigenvalue weighted by atomic mass is 16.5. The van der Waals surface area contributed by atoms with Crippen molar-refractivity contribution in [1.82, 2.24) is 15.2 Å². The topological polar surface area (TPSA) is 80.5 Å². The lowest BCUT2D eigenvalue weighted by molar-refractivity contribution is 0.0930. The molecule has 6 nitrogen and oxygen atoms in total. The number of carbonyl (C=O) groups is 1. The number of nitrogens with two attached hydrogens (primary N) is 1. The Kier molecular flexibility index (Phi) is 7.60. The summed E-state index contributed by atoms with van der Waals surface area (Å²) in [7, 11) is 1.71. The predicted octanol–water partition coefficient (Wildman–Crippen LogP) is 4.50. The summed E-state index contributed by atoms with van der Waals surface area (Å²) in [6, 6.07) is 19.4. The summed E-state index contributed by atoms with van der Waals surface area (Å²) in [5, 5.41) is 3.91. The fraction of sp³-hybridized carbons (Fsp3) is 0.286. The second kappa shape index (κ2) is 11.0. The number of nitrogen functional groups attached to an aromatic ring is 1. The fourth-order valence-electron chi connectivity index (χ4n) is 4.31. The first-order chi connectivity index (χ1) is 16.5. The van der Waals surface area contributed by atoms with Crippen molar-refractivity contribution in [3.63, 3.8) is 0 Å². The number of anilines is 1. The number of ether oxygens (including phenoxy) is 1. The van der Waals surface area contributed by atoms with Crippen molar-refractivity contribution < 1.29 is 9.53 Å². The van der Waals surface area contributed by atoms with E-state index in [2.05, 4.69) is 21.8 Å². The number of carbonyl (C=O) groups excluding carboxylic acids is 1. The lowest BCUT2D eigenvalue weighted by atomic mass is 9.96. The molecular formula is C28H32N4O2. The average Bonchev–Trinajstić information content (AvgIpc) is 2.88. The van der Waals surface area contributed by atoms with Gasteiger partial charge in [0.25, 0.3) is 5.91 Å². The van der Waals surface area contributed by atoms with Crippen molar-refractivity contribution >= 4 is 28.1 Å². The van der Waals surface area contributed by atoms with Gasteiger partial charge in [-0.05, 0) is 61.2 Å². The molecule has 1 aliphatic heterocycles. The predicted molar refractivity (Wildman–Crippen MR) is 138 cm³/mol. The first-order valence-electron chi connectivity index (χ1n) is 11.7. The molecule has 0 aliphatic carbocycles. The molecular weight excluding hydrogens is 424 g/mol. The van der Waals surface area contributed by atoms with Crippen LogP contribution >= 0.6 is 0 Å². The molecule has 1 aliphatic rings. The Labute approximate surface area is 201 Å². The summed E-state index contributed by atoms with van der Waals surface area (Å²) >= 11 is 0. The maximum absolute atomic E-state index is 12.7. The molecule has 34 heavy (non-hydrogen) atoms. The van der Waals surface area contributed by atoms with E-state index in [1.54, 1.807) is 13.2 Å². The summed E-state index contributed by atoms with van der Waals surface area (Å²) in [5.41, 5.74) is 9.82. The second-order valence-electron chi connectivity index (χ2n) is 8.75. The van der Waals surface area contributed by atoms with Gasteiger partial charge in [-0.15, -0.1) is 0 Å². The maximum atomic E-state index is 12.7. The zero-order valence-corrected chi connectivity index (χ0v) is 19.7. The Bertz CT molecular complexity index is 1180. The number of piperidine rings is 1. The number of likely N-dealkylation sites (tertiary alicyclic amines) is 1. The highest BCUT2D eigenvalue weighted by Gasteiger charge is 2.21. The van der Waals surface area contributed by atoms with E-state index in [-0.39, 0.29) is 5.91 Å². The average molecular weight is 457 g/mol. The van der Waals surface area contributed by atoms with Crippen molar-refractivity contribution in [3.8, 4) is 0 Å². The molecule has 1 amide bonds. The number of amides is 1.